The van der Waals surface area contributed by atoms with Crippen molar-refractivity contribution in [2.45, 2.75) is 51.2 Å². The van der Waals surface area contributed by atoms with Gasteiger partial charge in [-0.25, -0.2) is 0 Å². The number of aliphatic hydroxyl groups excluding tert-OH is 1. The van der Waals surface area contributed by atoms with Gasteiger partial charge in [0.05, 0.1) is 0 Å². The summed E-state index contributed by atoms with van der Waals surface area (Å²) in [7, 11) is 1.89. The number of hydrogen-bond donors (Lipinski definition) is 2. The predicted octanol–water partition coefficient (Wildman–Crippen LogP) is 3.20. The van der Waals surface area contributed by atoms with E-state index in [1.165, 1.54) is 31.4 Å². The van der Waals surface area contributed by atoms with Gasteiger partial charge in [0.25, 0.3) is 0 Å². The zero-order valence-corrected chi connectivity index (χ0v) is 18.0. The molecule has 0 radical (unpaired) electrons. The smallest absolute Gasteiger partial charge is 0.193 e. The molecule has 1 aliphatic carbocycles. The van der Waals surface area contributed by atoms with Crippen LogP contribution >= 0.6 is 35.7 Å². The van der Waals surface area contributed by atoms with Gasteiger partial charge < -0.3 is 15.3 Å². The first-order valence-corrected chi connectivity index (χ1v) is 9.83. The van der Waals surface area contributed by atoms with E-state index in [1.807, 2.05) is 7.05 Å². The summed E-state index contributed by atoms with van der Waals surface area (Å²) in [5.74, 6) is 2.95. The Bertz CT molecular complexity index is 373. The summed E-state index contributed by atoms with van der Waals surface area (Å²) in [6.45, 7) is 8.06. The number of aliphatic hydroxyl groups is 1. The molecule has 2 N–H and O–H groups in total. The van der Waals surface area contributed by atoms with Crippen LogP contribution < -0.4 is 5.32 Å². The molecule has 136 valence electrons. The Hall–Kier alpha value is 0.310. The number of nitrogens with zero attached hydrogens (tertiary/aromatic N) is 2. The van der Waals surface area contributed by atoms with Crippen molar-refractivity contribution in [3.05, 3.63) is 0 Å². The second-order valence-corrected chi connectivity index (χ2v) is 8.53. The molecule has 23 heavy (non-hydrogen) atoms. The minimum Gasteiger partial charge on any atom is -0.396 e. The molecule has 1 saturated heterocycles. The van der Waals surface area contributed by atoms with E-state index in [2.05, 4.69) is 40.8 Å². The largest absolute Gasteiger partial charge is 0.396 e. The quantitative estimate of drug-likeness (QED) is 0.380. The Morgan fingerprint density at radius 1 is 1.39 bits per heavy atom. The molecule has 0 aromatic rings. The summed E-state index contributed by atoms with van der Waals surface area (Å²) in [6.07, 6.45) is 6.00. The van der Waals surface area contributed by atoms with E-state index in [-0.39, 0.29) is 29.4 Å². The van der Waals surface area contributed by atoms with Crippen LogP contribution in [0.5, 0.6) is 0 Å². The number of rotatable bonds is 5. The van der Waals surface area contributed by atoms with Crippen molar-refractivity contribution in [3.63, 3.8) is 0 Å². The maximum Gasteiger partial charge on any atom is 0.193 e. The molecule has 0 amide bonds. The summed E-state index contributed by atoms with van der Waals surface area (Å²) in [5, 5.41) is 13.7. The van der Waals surface area contributed by atoms with Crippen LogP contribution in [0.3, 0.4) is 0 Å². The first-order valence-electron chi connectivity index (χ1n) is 8.78. The van der Waals surface area contributed by atoms with Crippen molar-refractivity contribution in [1.29, 1.82) is 0 Å². The third kappa shape index (κ3) is 5.96. The number of nitrogens with one attached hydrogen (secondary N) is 1. The molecule has 1 unspecified atom stereocenters. The number of guanidine groups is 1. The lowest BCUT2D eigenvalue weighted by atomic mass is 9.83. The maximum absolute atomic E-state index is 9.39. The molecule has 0 aromatic carbocycles. The Labute approximate surface area is 163 Å². The minimum atomic E-state index is 0. The van der Waals surface area contributed by atoms with Crippen molar-refractivity contribution in [1.82, 2.24) is 10.2 Å². The Morgan fingerprint density at radius 3 is 2.65 bits per heavy atom. The van der Waals surface area contributed by atoms with Gasteiger partial charge in [0, 0.05) is 44.3 Å². The molecular weight excluding hydrogens is 421 g/mol. The second-order valence-electron chi connectivity index (χ2n) is 7.18. The van der Waals surface area contributed by atoms with Gasteiger partial charge in [-0.2, -0.15) is 11.8 Å². The molecule has 2 fully saturated rings. The van der Waals surface area contributed by atoms with Gasteiger partial charge in [-0.05, 0) is 30.6 Å². The van der Waals surface area contributed by atoms with Crippen molar-refractivity contribution in [2.24, 2.45) is 16.3 Å². The molecule has 4 nitrogen and oxygen atoms in total. The molecule has 1 heterocycles. The highest BCUT2D eigenvalue weighted by Crippen LogP contribution is 2.40. The molecule has 6 heteroatoms. The molecule has 1 aliphatic heterocycles. The lowest BCUT2D eigenvalue weighted by Crippen LogP contribution is -2.51. The van der Waals surface area contributed by atoms with Gasteiger partial charge in [-0.15, -0.1) is 24.0 Å². The van der Waals surface area contributed by atoms with Crippen LogP contribution in [0, 0.1) is 11.3 Å². The first-order chi connectivity index (χ1) is 10.6. The van der Waals surface area contributed by atoms with Crippen LogP contribution in [-0.2, 0) is 0 Å². The fraction of sp³-hybridized carbons (Fsp3) is 0.941. The van der Waals surface area contributed by atoms with Gasteiger partial charge in [0.1, 0.15) is 0 Å². The van der Waals surface area contributed by atoms with Crippen molar-refractivity contribution >= 4 is 41.7 Å². The third-order valence-electron chi connectivity index (χ3n) is 5.28. The molecule has 0 spiro atoms. The van der Waals surface area contributed by atoms with E-state index in [1.54, 1.807) is 0 Å². The maximum atomic E-state index is 9.39. The molecule has 1 atom stereocenters. The molecule has 0 bridgehead atoms. The summed E-state index contributed by atoms with van der Waals surface area (Å²) in [4.78, 5) is 6.94. The fourth-order valence-electron chi connectivity index (χ4n) is 3.75. The lowest BCUT2D eigenvalue weighted by Gasteiger charge is -2.38. The van der Waals surface area contributed by atoms with Crippen LogP contribution in [-0.4, -0.2) is 60.3 Å². The van der Waals surface area contributed by atoms with E-state index in [9.17, 15) is 5.11 Å². The topological polar surface area (TPSA) is 47.9 Å². The van der Waals surface area contributed by atoms with Gasteiger partial charge >= 0.3 is 0 Å². The average Bonchev–Trinajstić information content (AvgIpc) is 2.97. The molecule has 1 saturated carbocycles. The van der Waals surface area contributed by atoms with E-state index < -0.39 is 0 Å². The molecule has 2 aliphatic rings. The summed E-state index contributed by atoms with van der Waals surface area (Å²) >= 11 is 2.10. The summed E-state index contributed by atoms with van der Waals surface area (Å²) in [5.41, 5.74) is 0.284. The van der Waals surface area contributed by atoms with Gasteiger partial charge in [0.15, 0.2) is 5.96 Å². The number of hydrogen-bond acceptors (Lipinski definition) is 3. The highest BCUT2D eigenvalue weighted by molar-refractivity contribution is 14.0. The summed E-state index contributed by atoms with van der Waals surface area (Å²) in [6, 6.07) is 0. The minimum absolute atomic E-state index is 0. The van der Waals surface area contributed by atoms with Gasteiger partial charge in [-0.3, -0.25) is 4.99 Å². The first kappa shape index (κ1) is 21.4. The van der Waals surface area contributed by atoms with Crippen molar-refractivity contribution in [2.75, 3.05) is 39.0 Å². The van der Waals surface area contributed by atoms with Gasteiger partial charge in [-0.1, -0.05) is 26.7 Å². The van der Waals surface area contributed by atoms with E-state index in [4.69, 9.17) is 0 Å². The van der Waals surface area contributed by atoms with Crippen LogP contribution in [0.15, 0.2) is 4.99 Å². The normalized spacial score (nSPS) is 24.7. The number of halogens is 1. The molecule has 0 aromatic heterocycles. The van der Waals surface area contributed by atoms with Crippen LogP contribution in [0.1, 0.15) is 46.0 Å². The monoisotopic (exact) mass is 455 g/mol. The lowest BCUT2D eigenvalue weighted by molar-refractivity contribution is 0.184. The molecule has 2 rings (SSSR count). The van der Waals surface area contributed by atoms with Crippen molar-refractivity contribution < 1.29 is 5.11 Å². The zero-order chi connectivity index (χ0) is 16.0. The summed E-state index contributed by atoms with van der Waals surface area (Å²) < 4.78 is 0. The highest BCUT2D eigenvalue weighted by atomic mass is 127. The second kappa shape index (κ2) is 10.3. The number of aliphatic imine (C=N–C) groups is 1. The molecular formula is C17H34IN3OS. The van der Waals surface area contributed by atoms with Crippen molar-refractivity contribution in [3.8, 4) is 0 Å². The van der Waals surface area contributed by atoms with Crippen LogP contribution in [0.25, 0.3) is 0 Å². The average molecular weight is 455 g/mol. The van der Waals surface area contributed by atoms with E-state index in [0.29, 0.717) is 17.8 Å². The Kier molecular flexibility index (Phi) is 9.59. The highest BCUT2D eigenvalue weighted by Gasteiger charge is 2.34. The van der Waals surface area contributed by atoms with Crippen LogP contribution in [0.4, 0.5) is 0 Å². The predicted molar refractivity (Wildman–Crippen MR) is 112 cm³/mol. The van der Waals surface area contributed by atoms with Crippen LogP contribution in [0.2, 0.25) is 0 Å². The van der Waals surface area contributed by atoms with E-state index in [0.717, 1.165) is 32.0 Å². The zero-order valence-electron chi connectivity index (χ0n) is 14.9. The van der Waals surface area contributed by atoms with Gasteiger partial charge in [0.2, 0.25) is 0 Å². The van der Waals surface area contributed by atoms with E-state index >= 15 is 0 Å². The third-order valence-corrected chi connectivity index (χ3v) is 6.82. The SMILES string of the molecule is CN=C(NCC1(CCO)CCCC1)N1CCSC(C(C)C)C1.I. The standard InChI is InChI=1S/C17H33N3OS.HI/c1-14(2)15-12-20(9-11-22-15)16(18-3)19-13-17(8-10-21)6-4-5-7-17;/h14-15,21H,4-13H2,1-3H3,(H,18,19);1H. The Morgan fingerprint density at radius 2 is 2.09 bits per heavy atom. The number of thioether (sulfide) groups is 1. The Balaban J connectivity index is 0.00000264. The fourth-order valence-corrected chi connectivity index (χ4v) is 5.05.